The van der Waals surface area contributed by atoms with E-state index in [0.29, 0.717) is 30.2 Å². The van der Waals surface area contributed by atoms with Gasteiger partial charge in [0.2, 0.25) is 5.95 Å². The number of benzene rings is 1. The average Bonchev–Trinajstić information content (AvgIpc) is 2.37. The summed E-state index contributed by atoms with van der Waals surface area (Å²) in [6, 6.07) is 5.15. The lowest BCUT2D eigenvalue weighted by molar-refractivity contribution is 0.580. The Hall–Kier alpha value is -2.44. The molecule has 0 bridgehead atoms. The van der Waals surface area contributed by atoms with Crippen LogP contribution in [0.15, 0.2) is 24.3 Å². The maximum atomic E-state index is 13.0. The van der Waals surface area contributed by atoms with Crippen LogP contribution in [0, 0.1) is 11.6 Å². The Morgan fingerprint density at radius 2 is 1.70 bits per heavy atom. The molecule has 7 heteroatoms. The molecule has 0 atom stereocenters. The number of nitrogens with one attached hydrogen (secondary N) is 2. The first-order chi connectivity index (χ1) is 9.56. The third-order valence-electron chi connectivity index (χ3n) is 2.64. The number of aromatic nitrogens is 2. The summed E-state index contributed by atoms with van der Waals surface area (Å²) in [6.45, 7) is 0.475. The molecule has 0 aliphatic heterocycles. The number of anilines is 3. The highest BCUT2D eigenvalue weighted by atomic mass is 19.1. The van der Waals surface area contributed by atoms with E-state index < -0.39 is 11.6 Å². The summed E-state index contributed by atoms with van der Waals surface area (Å²) in [4.78, 5) is 7.97. The van der Waals surface area contributed by atoms with Crippen molar-refractivity contribution >= 4 is 17.6 Å². The summed E-state index contributed by atoms with van der Waals surface area (Å²) in [5.41, 5.74) is 6.13. The van der Waals surface area contributed by atoms with Crippen molar-refractivity contribution in [3.63, 3.8) is 0 Å². The predicted octanol–water partition coefficient (Wildman–Crippen LogP) is 2.03. The number of nitrogens with two attached hydrogens (primary N) is 1. The van der Waals surface area contributed by atoms with Crippen LogP contribution in [0.3, 0.4) is 0 Å². The molecule has 0 saturated heterocycles. The first-order valence-electron chi connectivity index (χ1n) is 6.08. The summed E-state index contributed by atoms with van der Waals surface area (Å²) in [5.74, 6) is 0.138. The van der Waals surface area contributed by atoms with Crippen molar-refractivity contribution in [1.29, 1.82) is 0 Å². The quantitative estimate of drug-likeness (QED) is 0.781. The second-order valence-electron chi connectivity index (χ2n) is 4.20. The van der Waals surface area contributed by atoms with Crippen LogP contribution in [0.2, 0.25) is 0 Å². The summed E-state index contributed by atoms with van der Waals surface area (Å²) in [5, 5.41) is 5.89. The first-order valence-corrected chi connectivity index (χ1v) is 6.08. The minimum absolute atomic E-state index is 0.149. The largest absolute Gasteiger partial charge is 0.373 e. The van der Waals surface area contributed by atoms with Crippen molar-refractivity contribution < 1.29 is 8.78 Å². The molecule has 0 saturated carbocycles. The predicted molar refractivity (Wildman–Crippen MR) is 74.5 cm³/mol. The fourth-order valence-electron chi connectivity index (χ4n) is 1.77. The molecule has 4 N–H and O–H groups in total. The minimum atomic E-state index is -0.580. The highest BCUT2D eigenvalue weighted by Gasteiger charge is 2.03. The van der Waals surface area contributed by atoms with E-state index in [1.807, 2.05) is 0 Å². The molecule has 0 unspecified atom stereocenters. The second-order valence-corrected chi connectivity index (χ2v) is 4.20. The van der Waals surface area contributed by atoms with Crippen molar-refractivity contribution in [2.45, 2.75) is 6.42 Å². The molecule has 5 nitrogen and oxygen atoms in total. The van der Waals surface area contributed by atoms with Crippen molar-refractivity contribution in [2.24, 2.45) is 0 Å². The number of hydrogen-bond donors (Lipinski definition) is 3. The van der Waals surface area contributed by atoms with Gasteiger partial charge in [-0.15, -0.1) is 0 Å². The Bertz CT molecular complexity index is 583. The first kappa shape index (κ1) is 14.0. The Morgan fingerprint density at radius 3 is 2.35 bits per heavy atom. The highest BCUT2D eigenvalue weighted by molar-refractivity contribution is 5.50. The third kappa shape index (κ3) is 3.78. The van der Waals surface area contributed by atoms with E-state index in [1.165, 1.54) is 12.1 Å². The molecule has 2 aromatic rings. The zero-order valence-electron chi connectivity index (χ0n) is 11.0. The van der Waals surface area contributed by atoms with Crippen molar-refractivity contribution in [1.82, 2.24) is 9.97 Å². The maximum absolute atomic E-state index is 13.0. The second kappa shape index (κ2) is 6.14. The van der Waals surface area contributed by atoms with Crippen LogP contribution in [0.1, 0.15) is 5.56 Å². The van der Waals surface area contributed by atoms with Gasteiger partial charge in [0.05, 0.1) is 0 Å². The topological polar surface area (TPSA) is 75.9 Å². The molecule has 0 spiro atoms. The molecule has 1 aromatic heterocycles. The van der Waals surface area contributed by atoms with Gasteiger partial charge in [-0.2, -0.15) is 9.97 Å². The molecular weight excluding hydrogens is 264 g/mol. The van der Waals surface area contributed by atoms with Crippen molar-refractivity contribution in [3.8, 4) is 0 Å². The lowest BCUT2D eigenvalue weighted by Crippen LogP contribution is -2.09. The average molecular weight is 279 g/mol. The summed E-state index contributed by atoms with van der Waals surface area (Å²) in [7, 11) is 1.72. The van der Waals surface area contributed by atoms with E-state index in [-0.39, 0.29) is 5.95 Å². The zero-order chi connectivity index (χ0) is 14.5. The lowest BCUT2D eigenvalue weighted by atomic mass is 10.1. The molecule has 1 heterocycles. The van der Waals surface area contributed by atoms with Gasteiger partial charge >= 0.3 is 0 Å². The Kier molecular flexibility index (Phi) is 4.29. The third-order valence-corrected chi connectivity index (χ3v) is 2.64. The highest BCUT2D eigenvalue weighted by Crippen LogP contribution is 2.13. The number of halogens is 2. The van der Waals surface area contributed by atoms with Crippen molar-refractivity contribution in [3.05, 3.63) is 41.5 Å². The van der Waals surface area contributed by atoms with Crippen LogP contribution < -0.4 is 16.4 Å². The molecule has 0 fully saturated rings. The van der Waals surface area contributed by atoms with Gasteiger partial charge in [0.1, 0.15) is 23.3 Å². The van der Waals surface area contributed by atoms with E-state index in [1.54, 1.807) is 13.1 Å². The molecule has 1 aromatic carbocycles. The van der Waals surface area contributed by atoms with Gasteiger partial charge in [0.15, 0.2) is 0 Å². The molecule has 0 radical (unpaired) electrons. The van der Waals surface area contributed by atoms with Crippen LogP contribution in [-0.2, 0) is 6.42 Å². The standard InChI is InChI=1S/C13H15F2N5/c1-17-11-7-12(20-13(16)19-11)18-3-2-8-4-9(14)6-10(15)5-8/h4-7H,2-3H2,1H3,(H4,16,17,18,19,20). The van der Waals surface area contributed by atoms with Crippen LogP contribution in [-0.4, -0.2) is 23.6 Å². The normalized spacial score (nSPS) is 10.3. The van der Waals surface area contributed by atoms with Gasteiger partial charge in [-0.25, -0.2) is 8.78 Å². The lowest BCUT2D eigenvalue weighted by Gasteiger charge is -2.08. The van der Waals surface area contributed by atoms with Crippen LogP contribution in [0.5, 0.6) is 0 Å². The number of nitrogen functional groups attached to an aromatic ring is 1. The summed E-state index contributed by atoms with van der Waals surface area (Å²) < 4.78 is 26.0. The van der Waals surface area contributed by atoms with E-state index in [0.717, 1.165) is 6.07 Å². The molecule has 0 aliphatic rings. The van der Waals surface area contributed by atoms with E-state index in [4.69, 9.17) is 5.73 Å². The number of nitrogens with zero attached hydrogens (tertiary/aromatic N) is 2. The molecule has 106 valence electrons. The SMILES string of the molecule is CNc1cc(NCCc2cc(F)cc(F)c2)nc(N)n1. The Morgan fingerprint density at radius 1 is 1.05 bits per heavy atom. The van der Waals surface area contributed by atoms with Gasteiger partial charge in [0.25, 0.3) is 0 Å². The van der Waals surface area contributed by atoms with Gasteiger partial charge in [-0.1, -0.05) is 0 Å². The van der Waals surface area contributed by atoms with E-state index in [9.17, 15) is 8.78 Å². The maximum Gasteiger partial charge on any atom is 0.223 e. The summed E-state index contributed by atoms with van der Waals surface area (Å²) >= 11 is 0. The zero-order valence-corrected chi connectivity index (χ0v) is 11.0. The van der Waals surface area contributed by atoms with Crippen LogP contribution in [0.4, 0.5) is 26.4 Å². The molecular formula is C13H15F2N5. The van der Waals surface area contributed by atoms with Gasteiger partial charge in [-0.05, 0) is 24.1 Å². The smallest absolute Gasteiger partial charge is 0.223 e. The summed E-state index contributed by atoms with van der Waals surface area (Å²) in [6.07, 6.45) is 0.466. The van der Waals surface area contributed by atoms with E-state index >= 15 is 0 Å². The van der Waals surface area contributed by atoms with Gasteiger partial charge in [0, 0.05) is 25.7 Å². The fourth-order valence-corrected chi connectivity index (χ4v) is 1.77. The van der Waals surface area contributed by atoms with Gasteiger partial charge in [-0.3, -0.25) is 0 Å². The fraction of sp³-hybridized carbons (Fsp3) is 0.231. The number of rotatable bonds is 5. The molecule has 0 amide bonds. The monoisotopic (exact) mass is 279 g/mol. The number of hydrogen-bond acceptors (Lipinski definition) is 5. The molecule has 20 heavy (non-hydrogen) atoms. The van der Waals surface area contributed by atoms with Crippen LogP contribution in [0.25, 0.3) is 0 Å². The Labute approximate surface area is 115 Å². The van der Waals surface area contributed by atoms with Gasteiger partial charge < -0.3 is 16.4 Å². The van der Waals surface area contributed by atoms with Crippen molar-refractivity contribution in [2.75, 3.05) is 30.0 Å². The Balaban J connectivity index is 1.97. The minimum Gasteiger partial charge on any atom is -0.373 e. The van der Waals surface area contributed by atoms with E-state index in [2.05, 4.69) is 20.6 Å². The van der Waals surface area contributed by atoms with Crippen LogP contribution >= 0.6 is 0 Å². The molecule has 0 aliphatic carbocycles. The molecule has 2 rings (SSSR count).